The van der Waals surface area contributed by atoms with Gasteiger partial charge < -0.3 is 13.7 Å². The first-order valence-electron chi connectivity index (χ1n) is 15.5. The first-order valence-corrected chi connectivity index (χ1v) is 15.5. The van der Waals surface area contributed by atoms with Gasteiger partial charge in [-0.15, -0.1) is 5.10 Å². The minimum atomic E-state index is -0.767. The predicted octanol–water partition coefficient (Wildman–Crippen LogP) is 5.09. The zero-order chi connectivity index (χ0) is 33.1. The molecule has 2 atom stereocenters. The zero-order valence-electron chi connectivity index (χ0n) is 25.6. The number of oxazole rings is 1. The molecule has 2 aliphatic rings. The second kappa shape index (κ2) is 11.3. The molecule has 0 aliphatic carbocycles. The minimum absolute atomic E-state index is 0.0288. The number of carbonyl (C=O) groups excluding carboxylic acids is 1. The van der Waals surface area contributed by atoms with Crippen LogP contribution in [0.5, 0.6) is 0 Å². The molecule has 8 rings (SSSR count). The van der Waals surface area contributed by atoms with E-state index in [2.05, 4.69) is 15.2 Å². The Balaban J connectivity index is 1.32. The number of H-pyrrole nitrogens is 1. The third kappa shape index (κ3) is 4.72. The normalized spacial score (nSPS) is 15.9. The van der Waals surface area contributed by atoms with E-state index in [1.54, 1.807) is 42.5 Å². The van der Waals surface area contributed by atoms with Crippen LogP contribution in [0.4, 0.5) is 4.39 Å². The van der Waals surface area contributed by atoms with Gasteiger partial charge in [0.25, 0.3) is 11.8 Å². The summed E-state index contributed by atoms with van der Waals surface area (Å²) in [5.74, 6) is -1.92. The van der Waals surface area contributed by atoms with Gasteiger partial charge >= 0.3 is 11.5 Å². The number of hydrogen-bond acceptors (Lipinski definition) is 9. The molecule has 6 heterocycles. The molecular weight excluding hydrogens is 617 g/mol. The van der Waals surface area contributed by atoms with E-state index in [1.165, 1.54) is 22.9 Å². The SMILES string of the molecule is C[C@H](c1ccc(C#N)cn1)n1c(=O)oc2cc(-c3c4c(nc(CCc5ccc(F)cc5)c3-c3n[nH]c(=O)o3)[C@@H]3CCCN3C4=O)ccc21. The van der Waals surface area contributed by atoms with Crippen LogP contribution in [0.3, 0.4) is 0 Å². The Morgan fingerprint density at radius 1 is 1.04 bits per heavy atom. The maximum atomic E-state index is 14.0. The largest absolute Gasteiger partial charge is 0.434 e. The highest BCUT2D eigenvalue weighted by atomic mass is 19.1. The number of nitriles is 1. The second-order valence-corrected chi connectivity index (χ2v) is 12.0. The molecule has 0 radical (unpaired) electrons. The van der Waals surface area contributed by atoms with Crippen LogP contribution in [0.2, 0.25) is 0 Å². The Morgan fingerprint density at radius 3 is 2.60 bits per heavy atom. The number of amides is 1. The van der Waals surface area contributed by atoms with E-state index >= 15 is 0 Å². The van der Waals surface area contributed by atoms with Crippen LogP contribution >= 0.6 is 0 Å². The highest BCUT2D eigenvalue weighted by Crippen LogP contribution is 2.48. The number of aromatic nitrogens is 5. The smallest absolute Gasteiger partial charge is 0.408 e. The van der Waals surface area contributed by atoms with Crippen molar-refractivity contribution in [1.29, 1.82) is 5.26 Å². The van der Waals surface area contributed by atoms with Gasteiger partial charge in [0.15, 0.2) is 5.58 Å². The molecular formula is C35H26FN7O5. The molecule has 0 unspecified atom stereocenters. The standard InChI is InChI=1S/C35H26FN7O5/c1-18(23-11-7-20(16-37)17-38-23)43-25-13-8-21(15-27(25)47-35(43)46)28-29(32-40-41-34(45)48-32)24(12-6-19-4-9-22(36)10-5-19)39-31-26-3-2-14-42(26)33(44)30(28)31/h4-5,7-11,13,15,17-18,26H,2-3,6,12,14H2,1H3,(H,41,45)/t18-,26+/m1/s1. The number of aromatic amines is 1. The van der Waals surface area contributed by atoms with Gasteiger partial charge in [0, 0.05) is 18.3 Å². The van der Waals surface area contributed by atoms with Crippen molar-refractivity contribution in [3.05, 3.63) is 121 Å². The number of pyridine rings is 2. The van der Waals surface area contributed by atoms with Gasteiger partial charge in [-0.1, -0.05) is 18.2 Å². The number of nitrogens with one attached hydrogen (secondary N) is 1. The van der Waals surface area contributed by atoms with E-state index in [4.69, 9.17) is 19.1 Å². The van der Waals surface area contributed by atoms with Crippen LogP contribution in [-0.2, 0) is 12.8 Å². The number of rotatable bonds is 7. The van der Waals surface area contributed by atoms with E-state index in [0.29, 0.717) is 69.8 Å². The summed E-state index contributed by atoms with van der Waals surface area (Å²) in [7, 11) is 0. The van der Waals surface area contributed by atoms with Crippen molar-refractivity contribution in [1.82, 2.24) is 29.6 Å². The highest BCUT2D eigenvalue weighted by molar-refractivity contribution is 6.08. The van der Waals surface area contributed by atoms with Gasteiger partial charge in [0.2, 0.25) is 0 Å². The quantitative estimate of drug-likeness (QED) is 0.250. The molecule has 12 nitrogen and oxygen atoms in total. The molecule has 48 heavy (non-hydrogen) atoms. The van der Waals surface area contributed by atoms with E-state index in [9.17, 15) is 18.8 Å². The summed E-state index contributed by atoms with van der Waals surface area (Å²) in [5.41, 5.74) is 5.62. The van der Waals surface area contributed by atoms with Gasteiger partial charge in [-0.2, -0.15) is 5.26 Å². The van der Waals surface area contributed by atoms with Gasteiger partial charge in [0.05, 0.1) is 51.4 Å². The molecule has 13 heteroatoms. The monoisotopic (exact) mass is 643 g/mol. The Morgan fingerprint density at radius 2 is 1.88 bits per heavy atom. The topological polar surface area (TPSA) is 164 Å². The number of nitrogens with zero attached hydrogens (tertiary/aromatic N) is 6. The van der Waals surface area contributed by atoms with E-state index < -0.39 is 17.6 Å². The molecule has 0 spiro atoms. The van der Waals surface area contributed by atoms with Gasteiger partial charge in [-0.3, -0.25) is 19.3 Å². The average Bonchev–Trinajstić information content (AvgIpc) is 3.88. The van der Waals surface area contributed by atoms with Crippen LogP contribution < -0.4 is 11.5 Å². The Bertz CT molecular complexity index is 2400. The highest BCUT2D eigenvalue weighted by Gasteiger charge is 2.44. The van der Waals surface area contributed by atoms with Crippen molar-refractivity contribution in [2.75, 3.05) is 6.54 Å². The summed E-state index contributed by atoms with van der Waals surface area (Å²) in [5, 5.41) is 15.6. The van der Waals surface area contributed by atoms with E-state index in [1.807, 2.05) is 17.9 Å². The lowest BCUT2D eigenvalue weighted by Crippen LogP contribution is -2.23. The summed E-state index contributed by atoms with van der Waals surface area (Å²) in [6, 6.07) is 16.1. The van der Waals surface area contributed by atoms with E-state index in [-0.39, 0.29) is 29.2 Å². The van der Waals surface area contributed by atoms with Crippen LogP contribution in [0.25, 0.3) is 33.7 Å². The fraction of sp³-hybridized carbons (Fsp3) is 0.229. The van der Waals surface area contributed by atoms with Crippen molar-refractivity contribution in [3.63, 3.8) is 0 Å². The molecule has 1 N–H and O–H groups in total. The van der Waals surface area contributed by atoms with Crippen LogP contribution in [0, 0.1) is 17.1 Å². The molecule has 2 aliphatic heterocycles. The van der Waals surface area contributed by atoms with Gasteiger partial charge in [-0.25, -0.2) is 19.1 Å². The molecule has 4 aromatic heterocycles. The summed E-state index contributed by atoms with van der Waals surface area (Å²) >= 11 is 0. The lowest BCUT2D eigenvalue weighted by Gasteiger charge is -2.17. The fourth-order valence-corrected chi connectivity index (χ4v) is 6.91. The predicted molar refractivity (Wildman–Crippen MR) is 169 cm³/mol. The van der Waals surface area contributed by atoms with Crippen LogP contribution in [-0.4, -0.2) is 42.1 Å². The number of halogens is 1. The summed E-state index contributed by atoms with van der Waals surface area (Å²) < 4.78 is 26.4. The van der Waals surface area contributed by atoms with Crippen LogP contribution in [0.15, 0.2) is 79.2 Å². The molecule has 2 aromatic carbocycles. The summed E-state index contributed by atoms with van der Waals surface area (Å²) in [6.45, 7) is 2.40. The lowest BCUT2D eigenvalue weighted by molar-refractivity contribution is 0.0776. The molecule has 238 valence electrons. The fourth-order valence-electron chi connectivity index (χ4n) is 6.91. The minimum Gasteiger partial charge on any atom is -0.408 e. The lowest BCUT2D eigenvalue weighted by atomic mass is 9.89. The maximum absolute atomic E-state index is 14.0. The first-order chi connectivity index (χ1) is 23.3. The van der Waals surface area contributed by atoms with Crippen molar-refractivity contribution < 1.29 is 18.0 Å². The summed E-state index contributed by atoms with van der Waals surface area (Å²) in [4.78, 5) is 50.7. The van der Waals surface area contributed by atoms with Gasteiger partial charge in [-0.05, 0) is 80.1 Å². The van der Waals surface area contributed by atoms with Crippen molar-refractivity contribution in [2.24, 2.45) is 0 Å². The van der Waals surface area contributed by atoms with Crippen molar-refractivity contribution in [2.45, 2.75) is 44.7 Å². The summed E-state index contributed by atoms with van der Waals surface area (Å²) in [6.07, 6.45) is 3.93. The molecule has 0 bridgehead atoms. The maximum Gasteiger partial charge on any atom is 0.434 e. The number of fused-ring (bicyclic) bond motifs is 4. The molecule has 6 aromatic rings. The average molecular weight is 644 g/mol. The molecule has 0 saturated carbocycles. The van der Waals surface area contributed by atoms with Gasteiger partial charge in [0.1, 0.15) is 11.9 Å². The molecule has 1 saturated heterocycles. The van der Waals surface area contributed by atoms with Crippen molar-refractivity contribution in [3.8, 4) is 28.7 Å². The molecule has 1 fully saturated rings. The zero-order valence-corrected chi connectivity index (χ0v) is 25.6. The van der Waals surface area contributed by atoms with E-state index in [0.717, 1.165) is 18.4 Å². The second-order valence-electron chi connectivity index (χ2n) is 12.0. The first kappa shape index (κ1) is 29.3. The number of aryl methyl sites for hydroxylation is 2. The Labute approximate surface area is 271 Å². The number of benzene rings is 2. The van der Waals surface area contributed by atoms with Crippen LogP contribution in [0.1, 0.15) is 70.4 Å². The third-order valence-electron chi connectivity index (χ3n) is 9.19. The Hall–Kier alpha value is -6.16. The number of hydrogen-bond donors (Lipinski definition) is 1. The molecule has 1 amide bonds. The van der Waals surface area contributed by atoms with Crippen molar-refractivity contribution >= 4 is 17.0 Å². The Kier molecular flexibility index (Phi) is 6.87. The third-order valence-corrected chi connectivity index (χ3v) is 9.19. The number of carbonyl (C=O) groups is 1.